The Bertz CT molecular complexity index is 816. The molecule has 26 heavy (non-hydrogen) atoms. The van der Waals surface area contributed by atoms with Crippen LogP contribution >= 0.6 is 11.8 Å². The van der Waals surface area contributed by atoms with Crippen molar-refractivity contribution >= 4 is 16.9 Å². The fourth-order valence-corrected chi connectivity index (χ4v) is 4.93. The number of rotatable bonds is 3. The summed E-state index contributed by atoms with van der Waals surface area (Å²) >= 11 is 1.58. The van der Waals surface area contributed by atoms with Crippen LogP contribution in [0.4, 0.5) is 4.39 Å². The molecular formula is C19H23FN4OS. The Morgan fingerprint density at radius 2 is 2.08 bits per heavy atom. The third-order valence-corrected chi connectivity index (χ3v) is 6.13. The van der Waals surface area contributed by atoms with Gasteiger partial charge in [-0.15, -0.1) is 0 Å². The van der Waals surface area contributed by atoms with Crippen molar-refractivity contribution in [3.63, 3.8) is 0 Å². The zero-order valence-electron chi connectivity index (χ0n) is 13.9. The molecule has 1 aromatic carbocycles. The summed E-state index contributed by atoms with van der Waals surface area (Å²) in [6, 6.07) is 5.18. The van der Waals surface area contributed by atoms with Gasteiger partial charge < -0.3 is 10.5 Å². The summed E-state index contributed by atoms with van der Waals surface area (Å²) in [4.78, 5) is 12.8. The zero-order valence-corrected chi connectivity index (χ0v) is 14.7. The molecule has 1 aromatic heterocycles. The normalized spacial score (nSPS) is 27.4. The average molecular weight is 374 g/mol. The van der Waals surface area contributed by atoms with Crippen LogP contribution in [0.15, 0.2) is 41.9 Å². The third kappa shape index (κ3) is 3.10. The molecule has 3 atom stereocenters. The van der Waals surface area contributed by atoms with Gasteiger partial charge in [-0.25, -0.2) is 14.4 Å². The number of thioether (sulfide) groups is 1. The van der Waals surface area contributed by atoms with Crippen molar-refractivity contribution in [2.45, 2.75) is 31.9 Å². The molecule has 5 nitrogen and oxygen atoms in total. The molecule has 1 fully saturated rings. The lowest BCUT2D eigenvalue weighted by atomic mass is 9.80. The van der Waals surface area contributed by atoms with Crippen molar-refractivity contribution in [3.05, 3.63) is 48.3 Å². The van der Waals surface area contributed by atoms with E-state index in [1.807, 2.05) is 12.1 Å². The Morgan fingerprint density at radius 3 is 2.81 bits per heavy atom. The minimum Gasteiger partial charge on any atom is -0.381 e. The molecule has 0 unspecified atom stereocenters. The molecule has 138 valence electrons. The fraction of sp³-hybridized carbons (Fsp3) is 0.421. The number of aromatic nitrogens is 2. The van der Waals surface area contributed by atoms with Crippen molar-refractivity contribution < 1.29 is 9.13 Å². The highest BCUT2D eigenvalue weighted by Crippen LogP contribution is 2.52. The van der Waals surface area contributed by atoms with E-state index in [1.165, 1.54) is 12.4 Å². The first-order valence-corrected chi connectivity index (χ1v) is 9.17. The zero-order chi connectivity index (χ0) is 17.4. The molecule has 0 spiro atoms. The van der Waals surface area contributed by atoms with Crippen molar-refractivity contribution in [1.29, 1.82) is 0 Å². The number of nitrogens with zero attached hydrogens (tertiary/aromatic N) is 3. The van der Waals surface area contributed by atoms with Crippen LogP contribution in [-0.4, -0.2) is 34.1 Å². The molecule has 1 aliphatic heterocycles. The number of halogens is 1. The van der Waals surface area contributed by atoms with Gasteiger partial charge in [0.1, 0.15) is 12.1 Å². The molecule has 2 heterocycles. The van der Waals surface area contributed by atoms with Gasteiger partial charge in [0.2, 0.25) is 0 Å². The second-order valence-electron chi connectivity index (χ2n) is 6.50. The molecule has 7 heteroatoms. The number of ether oxygens (including phenoxy) is 1. The van der Waals surface area contributed by atoms with Crippen molar-refractivity contribution in [1.82, 2.24) is 9.97 Å². The van der Waals surface area contributed by atoms with Gasteiger partial charge in [-0.1, -0.05) is 25.3 Å². The number of aliphatic imine (C=N–C) groups is 1. The van der Waals surface area contributed by atoms with Gasteiger partial charge in [-0.3, -0.25) is 4.99 Å². The molecule has 0 saturated heterocycles. The standard InChI is InChI=1S/C18H19FN4OS.CH4/c1-24-14-4-13-9-25-17(20)23-18(13,6-14)12-2-3-16(19)15(5-12)11-7-21-10-22-8-11;/h2-3,5,7-8,10,13-14H,4,6,9H2,1H3,(H2,20,23);1H4/t13-,14+,18+;/m0./s1. The van der Waals surface area contributed by atoms with Crippen LogP contribution in [0.1, 0.15) is 25.8 Å². The SMILES string of the molecule is C.CO[C@@H]1C[C@H]2CSC(N)=N[C@@]2(c2ccc(F)c(-c3cncnc3)c2)C1. The molecular weight excluding hydrogens is 351 g/mol. The highest BCUT2D eigenvalue weighted by Gasteiger charge is 2.50. The molecule has 2 aliphatic rings. The predicted octanol–water partition coefficient (Wildman–Crippen LogP) is 3.60. The number of hydrogen-bond donors (Lipinski definition) is 1. The van der Waals surface area contributed by atoms with Crippen LogP contribution in [0.2, 0.25) is 0 Å². The molecule has 1 aliphatic carbocycles. The maximum Gasteiger partial charge on any atom is 0.154 e. The third-order valence-electron chi connectivity index (χ3n) is 5.17. The van der Waals surface area contributed by atoms with E-state index in [1.54, 1.807) is 31.3 Å². The van der Waals surface area contributed by atoms with Gasteiger partial charge in [-0.2, -0.15) is 0 Å². The molecule has 0 radical (unpaired) electrons. The first kappa shape index (κ1) is 18.8. The summed E-state index contributed by atoms with van der Waals surface area (Å²) in [7, 11) is 1.73. The first-order valence-electron chi connectivity index (χ1n) is 8.19. The van der Waals surface area contributed by atoms with Gasteiger partial charge in [0.05, 0.1) is 11.6 Å². The van der Waals surface area contributed by atoms with Crippen molar-refractivity contribution in [2.75, 3.05) is 12.9 Å². The Hall–Kier alpha value is -1.99. The second kappa shape index (κ2) is 7.32. The lowest BCUT2D eigenvalue weighted by Gasteiger charge is -2.36. The van der Waals surface area contributed by atoms with Crippen molar-refractivity contribution in [3.8, 4) is 11.1 Å². The molecule has 4 rings (SSSR count). The van der Waals surface area contributed by atoms with Crippen LogP contribution < -0.4 is 5.73 Å². The lowest BCUT2D eigenvalue weighted by molar-refractivity contribution is 0.102. The summed E-state index contributed by atoms with van der Waals surface area (Å²) in [5.74, 6) is 0.922. The number of hydrogen-bond acceptors (Lipinski definition) is 6. The number of benzene rings is 1. The maximum absolute atomic E-state index is 14.4. The van der Waals surface area contributed by atoms with E-state index in [0.717, 1.165) is 24.2 Å². The predicted molar refractivity (Wildman–Crippen MR) is 103 cm³/mol. The smallest absolute Gasteiger partial charge is 0.154 e. The van der Waals surface area contributed by atoms with Crippen molar-refractivity contribution in [2.24, 2.45) is 16.6 Å². The summed E-state index contributed by atoms with van der Waals surface area (Å²) in [6.07, 6.45) is 6.49. The summed E-state index contributed by atoms with van der Waals surface area (Å²) < 4.78 is 20.0. The lowest BCUT2D eigenvalue weighted by Crippen LogP contribution is -2.36. The minimum atomic E-state index is -0.450. The number of methoxy groups -OCH3 is 1. The summed E-state index contributed by atoms with van der Waals surface area (Å²) in [6.45, 7) is 0. The largest absolute Gasteiger partial charge is 0.381 e. The van der Waals surface area contributed by atoms with Gasteiger partial charge in [0.25, 0.3) is 0 Å². The number of amidine groups is 1. The van der Waals surface area contributed by atoms with Crippen LogP contribution in [0.3, 0.4) is 0 Å². The fourth-order valence-electron chi connectivity index (χ4n) is 3.92. The van der Waals surface area contributed by atoms with Gasteiger partial charge in [0, 0.05) is 48.7 Å². The quantitative estimate of drug-likeness (QED) is 0.889. The van der Waals surface area contributed by atoms with E-state index >= 15 is 0 Å². The van der Waals surface area contributed by atoms with E-state index in [0.29, 0.717) is 22.2 Å². The number of fused-ring (bicyclic) bond motifs is 1. The Kier molecular flexibility index (Phi) is 5.29. The molecule has 0 amide bonds. The van der Waals surface area contributed by atoms with Crippen LogP contribution in [0.25, 0.3) is 11.1 Å². The van der Waals surface area contributed by atoms with Crippen LogP contribution in [0, 0.1) is 11.7 Å². The van der Waals surface area contributed by atoms with E-state index in [2.05, 4.69) is 9.97 Å². The Morgan fingerprint density at radius 1 is 1.31 bits per heavy atom. The molecule has 2 aromatic rings. The summed E-state index contributed by atoms with van der Waals surface area (Å²) in [5.41, 5.74) is 7.72. The topological polar surface area (TPSA) is 73.4 Å². The molecule has 2 N–H and O–H groups in total. The van der Waals surface area contributed by atoms with E-state index in [-0.39, 0.29) is 19.3 Å². The van der Waals surface area contributed by atoms with Gasteiger partial charge in [0.15, 0.2) is 5.17 Å². The average Bonchev–Trinajstić information content (AvgIpc) is 3.02. The van der Waals surface area contributed by atoms with E-state index in [4.69, 9.17) is 15.5 Å². The van der Waals surface area contributed by atoms with E-state index in [9.17, 15) is 4.39 Å². The Labute approximate surface area is 157 Å². The maximum atomic E-state index is 14.4. The van der Waals surface area contributed by atoms with Gasteiger partial charge >= 0.3 is 0 Å². The Balaban J connectivity index is 0.00000196. The molecule has 0 bridgehead atoms. The minimum absolute atomic E-state index is 0. The monoisotopic (exact) mass is 374 g/mol. The molecule has 1 saturated carbocycles. The summed E-state index contributed by atoms with van der Waals surface area (Å²) in [5, 5.41) is 0.585. The van der Waals surface area contributed by atoms with Crippen LogP contribution in [0.5, 0.6) is 0 Å². The first-order chi connectivity index (χ1) is 12.1. The highest BCUT2D eigenvalue weighted by molar-refractivity contribution is 8.13. The second-order valence-corrected chi connectivity index (χ2v) is 7.54. The highest BCUT2D eigenvalue weighted by atomic mass is 32.2. The number of nitrogens with two attached hydrogens (primary N) is 1. The van der Waals surface area contributed by atoms with Gasteiger partial charge in [-0.05, 0) is 24.1 Å². The van der Waals surface area contributed by atoms with Crippen LogP contribution in [-0.2, 0) is 10.3 Å². The van der Waals surface area contributed by atoms with E-state index < -0.39 is 5.54 Å².